The second-order valence-corrected chi connectivity index (χ2v) is 8.56. The molecular formula is C26H29FN4O. The Kier molecular flexibility index (Phi) is 6.61. The number of benzene rings is 2. The molecule has 166 valence electrons. The summed E-state index contributed by atoms with van der Waals surface area (Å²) in [7, 11) is 0. The van der Waals surface area contributed by atoms with Crippen LogP contribution in [0.2, 0.25) is 0 Å². The third-order valence-electron chi connectivity index (χ3n) is 6.23. The van der Waals surface area contributed by atoms with E-state index in [1.807, 2.05) is 0 Å². The third kappa shape index (κ3) is 4.86. The molecule has 1 aliphatic heterocycles. The van der Waals surface area contributed by atoms with Gasteiger partial charge in [-0.15, -0.1) is 0 Å². The van der Waals surface area contributed by atoms with E-state index in [2.05, 4.69) is 47.2 Å². The number of nitrogens with zero attached hydrogens (tertiary/aromatic N) is 3. The highest BCUT2D eigenvalue weighted by atomic mass is 19.1. The van der Waals surface area contributed by atoms with Crippen LogP contribution in [0.25, 0.3) is 0 Å². The molecule has 1 N–H and O–H groups in total. The summed E-state index contributed by atoms with van der Waals surface area (Å²) in [6.07, 6.45) is 4.84. The lowest BCUT2D eigenvalue weighted by Crippen LogP contribution is -2.34. The molecule has 5 nitrogen and oxygen atoms in total. The van der Waals surface area contributed by atoms with Crippen LogP contribution in [0.4, 0.5) is 10.1 Å². The maximum atomic E-state index is 13.9. The van der Waals surface area contributed by atoms with Crippen molar-refractivity contribution >= 4 is 11.6 Å². The molecule has 1 aliphatic rings. The van der Waals surface area contributed by atoms with E-state index >= 15 is 0 Å². The van der Waals surface area contributed by atoms with Crippen molar-refractivity contribution in [3.05, 3.63) is 88.3 Å². The minimum atomic E-state index is -0.472. The maximum absolute atomic E-state index is 13.9. The lowest BCUT2D eigenvalue weighted by Gasteiger charge is -2.35. The van der Waals surface area contributed by atoms with Gasteiger partial charge in [-0.25, -0.2) is 14.4 Å². The average molecular weight is 433 g/mol. The predicted molar refractivity (Wildman–Crippen MR) is 124 cm³/mol. The molecular weight excluding hydrogens is 403 g/mol. The molecule has 0 spiro atoms. The number of para-hydroxylation sites is 1. The lowest BCUT2D eigenvalue weighted by atomic mass is 9.99. The van der Waals surface area contributed by atoms with Gasteiger partial charge in [0.05, 0.1) is 23.0 Å². The highest BCUT2D eigenvalue weighted by molar-refractivity contribution is 6.04. The molecule has 3 aromatic rings. The number of aryl methyl sites for hydroxylation is 3. The van der Waals surface area contributed by atoms with Crippen molar-refractivity contribution < 1.29 is 9.18 Å². The monoisotopic (exact) mass is 432 g/mol. The summed E-state index contributed by atoms with van der Waals surface area (Å²) < 4.78 is 13.9. The van der Waals surface area contributed by atoms with Crippen LogP contribution >= 0.6 is 0 Å². The van der Waals surface area contributed by atoms with Gasteiger partial charge < -0.3 is 5.32 Å². The maximum Gasteiger partial charge on any atom is 0.259 e. The van der Waals surface area contributed by atoms with E-state index in [-0.39, 0.29) is 11.7 Å². The second kappa shape index (κ2) is 9.57. The Hall–Kier alpha value is -3.12. The molecule has 0 aliphatic carbocycles. The number of nitrogens with one attached hydrogen (secondary N) is 1. The minimum absolute atomic E-state index is 0.118. The Bertz CT molecular complexity index is 1130. The standard InChI is InChI=1S/C26H29FN4O/c1-17-11-12-20(14-18(17)2)16-31-13-7-6-10-24(31)25-28-15-21(19(3)29-25)26(32)30-23-9-5-4-8-22(23)27/h4-5,8-9,11-12,14-15,24H,6-7,10,13,16H2,1-3H3,(H,30,32)/t24-/m0/s1. The van der Waals surface area contributed by atoms with Crippen molar-refractivity contribution in [2.75, 3.05) is 11.9 Å². The summed E-state index contributed by atoms with van der Waals surface area (Å²) in [5.74, 6) is -0.136. The minimum Gasteiger partial charge on any atom is -0.319 e. The summed E-state index contributed by atoms with van der Waals surface area (Å²) in [5.41, 5.74) is 4.99. The number of rotatable bonds is 5. The summed E-state index contributed by atoms with van der Waals surface area (Å²) >= 11 is 0. The van der Waals surface area contributed by atoms with Gasteiger partial charge in [0, 0.05) is 12.7 Å². The molecule has 4 rings (SSSR count). The highest BCUT2D eigenvalue weighted by Crippen LogP contribution is 2.31. The first kappa shape index (κ1) is 22.1. The van der Waals surface area contributed by atoms with Gasteiger partial charge in [-0.3, -0.25) is 9.69 Å². The number of carbonyl (C=O) groups is 1. The number of hydrogen-bond acceptors (Lipinski definition) is 4. The summed E-state index contributed by atoms with van der Waals surface area (Å²) in [6.45, 7) is 7.92. The summed E-state index contributed by atoms with van der Waals surface area (Å²) in [5, 5.41) is 2.61. The van der Waals surface area contributed by atoms with Gasteiger partial charge in [0.2, 0.25) is 0 Å². The molecule has 0 radical (unpaired) electrons. The Labute approximate surface area is 188 Å². The van der Waals surface area contributed by atoms with Gasteiger partial charge in [-0.05, 0) is 69.0 Å². The largest absolute Gasteiger partial charge is 0.319 e. The topological polar surface area (TPSA) is 58.1 Å². The van der Waals surface area contributed by atoms with E-state index in [0.717, 1.165) is 38.2 Å². The van der Waals surface area contributed by atoms with E-state index in [9.17, 15) is 9.18 Å². The van der Waals surface area contributed by atoms with Crippen molar-refractivity contribution in [3.8, 4) is 0 Å². The SMILES string of the molecule is Cc1ccc(CN2CCCC[C@H]2c2ncc(C(=O)Nc3ccccc3F)c(C)n2)cc1C. The summed E-state index contributed by atoms with van der Waals surface area (Å²) in [4.78, 5) is 24.4. The molecule has 32 heavy (non-hydrogen) atoms. The van der Waals surface area contributed by atoms with Gasteiger partial charge in [-0.1, -0.05) is 36.8 Å². The van der Waals surface area contributed by atoms with E-state index in [1.54, 1.807) is 25.3 Å². The van der Waals surface area contributed by atoms with Gasteiger partial charge in [0.25, 0.3) is 5.91 Å². The molecule has 6 heteroatoms. The van der Waals surface area contributed by atoms with E-state index in [1.165, 1.54) is 28.8 Å². The van der Waals surface area contributed by atoms with Crippen LogP contribution in [-0.4, -0.2) is 27.3 Å². The van der Waals surface area contributed by atoms with E-state index in [4.69, 9.17) is 4.98 Å². The van der Waals surface area contributed by atoms with Crippen molar-refractivity contribution in [1.82, 2.24) is 14.9 Å². The van der Waals surface area contributed by atoms with Crippen LogP contribution in [0.5, 0.6) is 0 Å². The Balaban J connectivity index is 1.53. The van der Waals surface area contributed by atoms with Crippen LogP contribution in [0, 0.1) is 26.6 Å². The lowest BCUT2D eigenvalue weighted by molar-refractivity contribution is 0.102. The highest BCUT2D eigenvalue weighted by Gasteiger charge is 2.27. The fourth-order valence-electron chi connectivity index (χ4n) is 4.23. The molecule has 2 aromatic carbocycles. The second-order valence-electron chi connectivity index (χ2n) is 8.56. The zero-order chi connectivity index (χ0) is 22.7. The van der Waals surface area contributed by atoms with Crippen LogP contribution in [-0.2, 0) is 6.54 Å². The Morgan fingerprint density at radius 3 is 2.69 bits per heavy atom. The number of aromatic nitrogens is 2. The fraction of sp³-hybridized carbons (Fsp3) is 0.346. The number of anilines is 1. The molecule has 0 bridgehead atoms. The molecule has 1 aromatic heterocycles. The van der Waals surface area contributed by atoms with Crippen molar-refractivity contribution in [3.63, 3.8) is 0 Å². The molecule has 0 saturated carbocycles. The zero-order valence-corrected chi connectivity index (χ0v) is 18.9. The van der Waals surface area contributed by atoms with E-state index in [0.29, 0.717) is 11.3 Å². The Morgan fingerprint density at radius 1 is 1.12 bits per heavy atom. The summed E-state index contributed by atoms with van der Waals surface area (Å²) in [6, 6.07) is 12.8. The number of likely N-dealkylation sites (tertiary alicyclic amines) is 1. The van der Waals surface area contributed by atoms with Gasteiger partial charge >= 0.3 is 0 Å². The first-order valence-electron chi connectivity index (χ1n) is 11.1. The smallest absolute Gasteiger partial charge is 0.259 e. The molecule has 1 saturated heterocycles. The number of hydrogen-bond donors (Lipinski definition) is 1. The first-order valence-corrected chi connectivity index (χ1v) is 11.1. The number of halogens is 1. The van der Waals surface area contributed by atoms with Crippen LogP contribution in [0.3, 0.4) is 0 Å². The molecule has 2 heterocycles. The predicted octanol–water partition coefficient (Wildman–Crippen LogP) is 5.52. The van der Waals surface area contributed by atoms with Gasteiger partial charge in [0.15, 0.2) is 0 Å². The van der Waals surface area contributed by atoms with Gasteiger partial charge in [-0.2, -0.15) is 0 Å². The van der Waals surface area contributed by atoms with Crippen LogP contribution < -0.4 is 5.32 Å². The quantitative estimate of drug-likeness (QED) is 0.577. The molecule has 1 fully saturated rings. The zero-order valence-electron chi connectivity index (χ0n) is 18.9. The molecule has 0 unspecified atom stereocenters. The molecule has 1 amide bonds. The number of piperidine rings is 1. The van der Waals surface area contributed by atoms with Crippen molar-refractivity contribution in [2.45, 2.75) is 52.6 Å². The average Bonchev–Trinajstić information content (AvgIpc) is 2.78. The van der Waals surface area contributed by atoms with Crippen LogP contribution in [0.1, 0.15) is 63.9 Å². The Morgan fingerprint density at radius 2 is 1.94 bits per heavy atom. The fourth-order valence-corrected chi connectivity index (χ4v) is 4.23. The van der Waals surface area contributed by atoms with Crippen molar-refractivity contribution in [2.24, 2.45) is 0 Å². The number of carbonyl (C=O) groups excluding carboxylic acids is 1. The molecule has 1 atom stereocenters. The first-order chi connectivity index (χ1) is 15.4. The number of amides is 1. The third-order valence-corrected chi connectivity index (χ3v) is 6.23. The van der Waals surface area contributed by atoms with E-state index < -0.39 is 11.7 Å². The van der Waals surface area contributed by atoms with Crippen molar-refractivity contribution in [1.29, 1.82) is 0 Å². The normalized spacial score (nSPS) is 16.7. The van der Waals surface area contributed by atoms with Gasteiger partial charge in [0.1, 0.15) is 11.6 Å². The van der Waals surface area contributed by atoms with Crippen LogP contribution in [0.15, 0.2) is 48.7 Å².